The molecule has 2 saturated heterocycles. The van der Waals surface area contributed by atoms with Crippen LogP contribution in [0.5, 0.6) is 0 Å². The summed E-state index contributed by atoms with van der Waals surface area (Å²) in [6.45, 7) is 6.02. The summed E-state index contributed by atoms with van der Waals surface area (Å²) in [5.74, 6) is 0. The lowest BCUT2D eigenvalue weighted by atomic mass is 10.1. The van der Waals surface area contributed by atoms with Crippen LogP contribution in [-0.4, -0.2) is 74.5 Å². The van der Waals surface area contributed by atoms with Gasteiger partial charge in [-0.3, -0.25) is 4.90 Å². The fourth-order valence-corrected chi connectivity index (χ4v) is 2.26. The maximum Gasteiger partial charge on any atom is 0.410 e. The zero-order chi connectivity index (χ0) is 12.1. The summed E-state index contributed by atoms with van der Waals surface area (Å²) in [6.07, 6.45) is 0.616. The molecule has 17 heavy (non-hydrogen) atoms. The largest absolute Gasteiger partial charge is 0.449 e. The first-order valence-corrected chi connectivity index (χ1v) is 6.25. The van der Waals surface area contributed by atoms with Gasteiger partial charge >= 0.3 is 6.09 Å². The van der Waals surface area contributed by atoms with Crippen molar-refractivity contribution in [2.24, 2.45) is 5.73 Å². The molecule has 2 rings (SSSR count). The second-order valence-electron chi connectivity index (χ2n) is 4.44. The molecule has 0 spiro atoms. The van der Waals surface area contributed by atoms with E-state index in [4.69, 9.17) is 15.2 Å². The van der Waals surface area contributed by atoms with Crippen LogP contribution in [0.4, 0.5) is 4.79 Å². The number of rotatable bonds is 4. The standard InChI is InChI=1S/C11H21N3O3/c12-9-10-1-6-17-11(15)14(10)3-2-13-4-7-16-8-5-13/h10H,1-9,12H2. The molecule has 2 aliphatic rings. The summed E-state index contributed by atoms with van der Waals surface area (Å²) >= 11 is 0. The number of hydrogen-bond acceptors (Lipinski definition) is 5. The first kappa shape index (κ1) is 12.6. The zero-order valence-electron chi connectivity index (χ0n) is 10.1. The van der Waals surface area contributed by atoms with E-state index in [1.165, 1.54) is 0 Å². The van der Waals surface area contributed by atoms with Crippen molar-refractivity contribution in [3.63, 3.8) is 0 Å². The predicted molar refractivity (Wildman–Crippen MR) is 62.8 cm³/mol. The molecule has 6 nitrogen and oxygen atoms in total. The fourth-order valence-electron chi connectivity index (χ4n) is 2.26. The van der Waals surface area contributed by atoms with Crippen LogP contribution < -0.4 is 5.73 Å². The van der Waals surface area contributed by atoms with E-state index in [1.54, 1.807) is 4.90 Å². The highest BCUT2D eigenvalue weighted by Crippen LogP contribution is 2.12. The van der Waals surface area contributed by atoms with Crippen LogP contribution in [0.2, 0.25) is 0 Å². The lowest BCUT2D eigenvalue weighted by Crippen LogP contribution is -2.52. The van der Waals surface area contributed by atoms with Gasteiger partial charge in [0.1, 0.15) is 0 Å². The summed E-state index contributed by atoms with van der Waals surface area (Å²) in [6, 6.07) is 0.136. The minimum atomic E-state index is -0.222. The second kappa shape index (κ2) is 6.18. The molecule has 1 atom stereocenters. The van der Waals surface area contributed by atoms with Crippen LogP contribution >= 0.6 is 0 Å². The van der Waals surface area contributed by atoms with Crippen LogP contribution in [0, 0.1) is 0 Å². The van der Waals surface area contributed by atoms with E-state index >= 15 is 0 Å². The van der Waals surface area contributed by atoms with Crippen molar-refractivity contribution in [3.05, 3.63) is 0 Å². The number of ether oxygens (including phenoxy) is 2. The predicted octanol–water partition coefficient (Wildman–Crippen LogP) is -0.512. The molecule has 1 amide bonds. The lowest BCUT2D eigenvalue weighted by molar-refractivity contribution is 0.0184. The monoisotopic (exact) mass is 243 g/mol. The molecule has 0 radical (unpaired) electrons. The van der Waals surface area contributed by atoms with Gasteiger partial charge in [-0.05, 0) is 0 Å². The lowest BCUT2D eigenvalue weighted by Gasteiger charge is -2.36. The van der Waals surface area contributed by atoms with Gasteiger partial charge < -0.3 is 20.1 Å². The van der Waals surface area contributed by atoms with E-state index in [1.807, 2.05) is 0 Å². The highest BCUT2D eigenvalue weighted by atomic mass is 16.6. The highest BCUT2D eigenvalue weighted by molar-refractivity contribution is 5.68. The van der Waals surface area contributed by atoms with Gasteiger partial charge in [0, 0.05) is 39.1 Å². The first-order chi connectivity index (χ1) is 8.31. The SMILES string of the molecule is NCC1CCOC(=O)N1CCN1CCOCC1. The number of cyclic esters (lactones) is 1. The number of morpholine rings is 1. The van der Waals surface area contributed by atoms with Gasteiger partial charge in [-0.25, -0.2) is 4.79 Å². The Balaban J connectivity index is 1.80. The van der Waals surface area contributed by atoms with E-state index in [-0.39, 0.29) is 12.1 Å². The minimum absolute atomic E-state index is 0.136. The number of amides is 1. The molecule has 2 aliphatic heterocycles. The molecule has 0 aromatic carbocycles. The average Bonchev–Trinajstić information content (AvgIpc) is 2.38. The second-order valence-corrected chi connectivity index (χ2v) is 4.44. The van der Waals surface area contributed by atoms with Crippen LogP contribution in [-0.2, 0) is 9.47 Å². The van der Waals surface area contributed by atoms with Gasteiger partial charge in [0.2, 0.25) is 0 Å². The summed E-state index contributed by atoms with van der Waals surface area (Å²) in [7, 11) is 0. The molecule has 6 heteroatoms. The Hall–Kier alpha value is -0.850. The molecule has 2 N–H and O–H groups in total. The summed E-state index contributed by atoms with van der Waals surface area (Å²) in [5, 5.41) is 0. The molecular formula is C11H21N3O3. The first-order valence-electron chi connectivity index (χ1n) is 6.25. The Kier molecular flexibility index (Phi) is 4.58. The quantitative estimate of drug-likeness (QED) is 0.720. The van der Waals surface area contributed by atoms with E-state index in [0.29, 0.717) is 19.7 Å². The van der Waals surface area contributed by atoms with Gasteiger partial charge in [-0.2, -0.15) is 0 Å². The van der Waals surface area contributed by atoms with Crippen LogP contribution in [0.25, 0.3) is 0 Å². The minimum Gasteiger partial charge on any atom is -0.449 e. The van der Waals surface area contributed by atoms with Crippen molar-refractivity contribution >= 4 is 6.09 Å². The molecular weight excluding hydrogens is 222 g/mol. The molecule has 98 valence electrons. The van der Waals surface area contributed by atoms with Gasteiger partial charge in [-0.1, -0.05) is 0 Å². The third kappa shape index (κ3) is 3.31. The van der Waals surface area contributed by atoms with Crippen molar-refractivity contribution in [1.82, 2.24) is 9.80 Å². The maximum atomic E-state index is 11.6. The molecule has 2 heterocycles. The molecule has 0 saturated carbocycles. The number of nitrogens with two attached hydrogens (primary N) is 1. The Morgan fingerprint density at radius 3 is 2.71 bits per heavy atom. The summed E-state index contributed by atoms with van der Waals surface area (Å²) in [4.78, 5) is 15.7. The Morgan fingerprint density at radius 2 is 2.00 bits per heavy atom. The fraction of sp³-hybridized carbons (Fsp3) is 0.909. The number of nitrogens with zero attached hydrogens (tertiary/aromatic N) is 2. The Bertz CT molecular complexity index is 256. The average molecular weight is 243 g/mol. The van der Waals surface area contributed by atoms with E-state index in [2.05, 4.69) is 4.90 Å². The maximum absolute atomic E-state index is 11.6. The van der Waals surface area contributed by atoms with Gasteiger partial charge in [0.05, 0.1) is 25.9 Å². The molecule has 0 aromatic rings. The summed E-state index contributed by atoms with van der Waals surface area (Å²) in [5.41, 5.74) is 5.68. The number of carbonyl (C=O) groups excluding carboxylic acids is 1. The zero-order valence-corrected chi connectivity index (χ0v) is 10.1. The normalized spacial score (nSPS) is 27.0. The molecule has 2 fully saturated rings. The Morgan fingerprint density at radius 1 is 1.24 bits per heavy atom. The Labute approximate surface area is 102 Å². The van der Waals surface area contributed by atoms with Crippen molar-refractivity contribution in [1.29, 1.82) is 0 Å². The van der Waals surface area contributed by atoms with Crippen molar-refractivity contribution in [3.8, 4) is 0 Å². The van der Waals surface area contributed by atoms with Crippen molar-refractivity contribution in [2.75, 3.05) is 52.5 Å². The van der Waals surface area contributed by atoms with Gasteiger partial charge in [0.15, 0.2) is 0 Å². The third-order valence-corrected chi connectivity index (χ3v) is 3.38. The van der Waals surface area contributed by atoms with Crippen molar-refractivity contribution in [2.45, 2.75) is 12.5 Å². The highest BCUT2D eigenvalue weighted by Gasteiger charge is 2.28. The molecule has 0 aliphatic carbocycles. The third-order valence-electron chi connectivity index (χ3n) is 3.38. The summed E-state index contributed by atoms with van der Waals surface area (Å²) < 4.78 is 10.3. The van der Waals surface area contributed by atoms with Crippen LogP contribution in [0.3, 0.4) is 0 Å². The molecule has 0 bridgehead atoms. The van der Waals surface area contributed by atoms with Gasteiger partial charge in [-0.15, -0.1) is 0 Å². The van der Waals surface area contributed by atoms with Crippen LogP contribution in [0.15, 0.2) is 0 Å². The molecule has 0 aromatic heterocycles. The smallest absolute Gasteiger partial charge is 0.410 e. The topological polar surface area (TPSA) is 68.0 Å². The molecule has 1 unspecified atom stereocenters. The van der Waals surface area contributed by atoms with E-state index < -0.39 is 0 Å². The van der Waals surface area contributed by atoms with Gasteiger partial charge in [0.25, 0.3) is 0 Å². The number of hydrogen-bond donors (Lipinski definition) is 1. The van der Waals surface area contributed by atoms with E-state index in [0.717, 1.165) is 39.3 Å². The van der Waals surface area contributed by atoms with Crippen molar-refractivity contribution < 1.29 is 14.3 Å². The number of carbonyl (C=O) groups is 1. The van der Waals surface area contributed by atoms with Crippen LogP contribution in [0.1, 0.15) is 6.42 Å². The van der Waals surface area contributed by atoms with E-state index in [9.17, 15) is 4.79 Å².